The lowest BCUT2D eigenvalue weighted by Crippen LogP contribution is -1.76. The van der Waals surface area contributed by atoms with Gasteiger partial charge in [0, 0.05) is 0 Å². The standard InChI is InChI=1S/C4H3ClFNO/c1-7-3(5)4(6)8-2/h2H3/b4-3+. The van der Waals surface area contributed by atoms with Crippen LogP contribution < -0.4 is 0 Å². The van der Waals surface area contributed by atoms with Gasteiger partial charge in [-0.05, 0) is 0 Å². The van der Waals surface area contributed by atoms with Crippen molar-refractivity contribution >= 4 is 11.6 Å². The Morgan fingerprint density at radius 1 is 1.88 bits per heavy atom. The van der Waals surface area contributed by atoms with E-state index in [4.69, 9.17) is 18.2 Å². The zero-order valence-corrected chi connectivity index (χ0v) is 4.87. The summed E-state index contributed by atoms with van der Waals surface area (Å²) in [6.07, 6.45) is 0. The molecule has 0 aliphatic heterocycles. The van der Waals surface area contributed by atoms with Crippen molar-refractivity contribution in [1.29, 1.82) is 0 Å². The number of rotatable bonds is 1. The Morgan fingerprint density at radius 3 is 2.50 bits per heavy atom. The average Bonchev–Trinajstić information content (AvgIpc) is 1.84. The maximum atomic E-state index is 11.8. The first-order valence-electron chi connectivity index (χ1n) is 1.69. The molecule has 0 rings (SSSR count). The summed E-state index contributed by atoms with van der Waals surface area (Å²) in [5.74, 6) is 0. The number of hydrogen-bond acceptors (Lipinski definition) is 1. The Morgan fingerprint density at radius 2 is 2.38 bits per heavy atom. The molecule has 0 radical (unpaired) electrons. The van der Waals surface area contributed by atoms with Gasteiger partial charge in [-0.15, -0.1) is 11.6 Å². The fraction of sp³-hybridized carbons (Fsp3) is 0.250. The Kier molecular flexibility index (Phi) is 2.97. The Bertz CT molecular complexity index is 149. The molecule has 0 fully saturated rings. The van der Waals surface area contributed by atoms with E-state index in [0.717, 1.165) is 7.11 Å². The number of ether oxygens (including phenoxy) is 1. The summed E-state index contributed by atoms with van der Waals surface area (Å²) in [6.45, 7) is 6.16. The van der Waals surface area contributed by atoms with E-state index in [1.807, 2.05) is 0 Å². The largest absolute Gasteiger partial charge is 0.481 e. The van der Waals surface area contributed by atoms with Gasteiger partial charge in [0.15, 0.2) is 0 Å². The van der Waals surface area contributed by atoms with Crippen LogP contribution in [-0.2, 0) is 4.74 Å². The predicted molar refractivity (Wildman–Crippen MR) is 27.6 cm³/mol. The van der Waals surface area contributed by atoms with Crippen molar-refractivity contribution in [3.8, 4) is 0 Å². The second-order valence-corrected chi connectivity index (χ2v) is 1.24. The van der Waals surface area contributed by atoms with Crippen molar-refractivity contribution in [2.24, 2.45) is 0 Å². The van der Waals surface area contributed by atoms with Gasteiger partial charge in [0.1, 0.15) is 0 Å². The minimum Gasteiger partial charge on any atom is -0.481 e. The van der Waals surface area contributed by atoms with Gasteiger partial charge in [0.05, 0.1) is 13.7 Å². The molecule has 0 aliphatic rings. The zero-order chi connectivity index (χ0) is 6.57. The molecular formula is C4H3ClFNO. The normalized spacial score (nSPS) is 11.8. The Balaban J connectivity index is 4.10. The molecule has 0 saturated carbocycles. The molecule has 0 heterocycles. The van der Waals surface area contributed by atoms with Gasteiger partial charge in [-0.2, -0.15) is 4.39 Å². The molecule has 4 heteroatoms. The monoisotopic (exact) mass is 135 g/mol. The fourth-order valence-corrected chi connectivity index (χ4v) is 0.205. The van der Waals surface area contributed by atoms with Gasteiger partial charge >= 0.3 is 5.16 Å². The minimum atomic E-state index is -1.04. The highest BCUT2D eigenvalue weighted by atomic mass is 35.5. The number of hydrogen-bond donors (Lipinski definition) is 0. The second kappa shape index (κ2) is 3.28. The maximum Gasteiger partial charge on any atom is 0.322 e. The summed E-state index contributed by atoms with van der Waals surface area (Å²) in [4.78, 5) is 2.55. The molecule has 0 unspecified atom stereocenters. The highest BCUT2D eigenvalue weighted by molar-refractivity contribution is 6.30. The van der Waals surface area contributed by atoms with Gasteiger partial charge in [-0.1, -0.05) is 0 Å². The summed E-state index contributed by atoms with van der Waals surface area (Å²) in [5.41, 5.74) is 0. The third kappa shape index (κ3) is 1.80. The van der Waals surface area contributed by atoms with Crippen molar-refractivity contribution in [3.05, 3.63) is 22.6 Å². The lowest BCUT2D eigenvalue weighted by molar-refractivity contribution is 0.202. The van der Waals surface area contributed by atoms with E-state index in [2.05, 4.69) is 9.58 Å². The summed E-state index contributed by atoms with van der Waals surface area (Å²) < 4.78 is 15.8. The van der Waals surface area contributed by atoms with E-state index in [1.54, 1.807) is 0 Å². The molecule has 0 bridgehead atoms. The summed E-state index contributed by atoms with van der Waals surface area (Å²) in [7, 11) is 1.10. The molecule has 44 valence electrons. The first-order chi connectivity index (χ1) is 3.72. The molecule has 0 spiro atoms. The van der Waals surface area contributed by atoms with Crippen LogP contribution in [0, 0.1) is 6.57 Å². The summed E-state index contributed by atoms with van der Waals surface area (Å²) >= 11 is 4.94. The first kappa shape index (κ1) is 7.25. The van der Waals surface area contributed by atoms with Crippen LogP contribution >= 0.6 is 11.6 Å². The van der Waals surface area contributed by atoms with Crippen molar-refractivity contribution in [1.82, 2.24) is 0 Å². The van der Waals surface area contributed by atoms with E-state index >= 15 is 0 Å². The van der Waals surface area contributed by atoms with Crippen molar-refractivity contribution in [2.45, 2.75) is 0 Å². The molecule has 0 atom stereocenters. The van der Waals surface area contributed by atoms with E-state index in [9.17, 15) is 4.39 Å². The van der Waals surface area contributed by atoms with Gasteiger partial charge in [0.2, 0.25) is 0 Å². The topological polar surface area (TPSA) is 13.6 Å². The summed E-state index contributed by atoms with van der Waals surface area (Å²) in [6, 6.07) is -1.04. The van der Waals surface area contributed by atoms with Crippen LogP contribution in [0.5, 0.6) is 0 Å². The zero-order valence-electron chi connectivity index (χ0n) is 4.11. The van der Waals surface area contributed by atoms with Gasteiger partial charge in [0.25, 0.3) is 6.01 Å². The highest BCUT2D eigenvalue weighted by Crippen LogP contribution is 2.11. The third-order valence-electron chi connectivity index (χ3n) is 0.440. The van der Waals surface area contributed by atoms with E-state index in [0.29, 0.717) is 0 Å². The van der Waals surface area contributed by atoms with E-state index < -0.39 is 11.2 Å². The van der Waals surface area contributed by atoms with Crippen LogP contribution in [0.2, 0.25) is 0 Å². The Labute approximate surface area is 51.3 Å². The third-order valence-corrected chi connectivity index (χ3v) is 0.673. The predicted octanol–water partition coefficient (Wildman–Crippen LogP) is 1.89. The molecule has 0 aromatic rings. The van der Waals surface area contributed by atoms with Crippen LogP contribution in [0.25, 0.3) is 4.85 Å². The smallest absolute Gasteiger partial charge is 0.322 e. The minimum absolute atomic E-state index is 0.576. The first-order valence-corrected chi connectivity index (χ1v) is 2.07. The Hall–Kier alpha value is -0.750. The average molecular weight is 136 g/mol. The van der Waals surface area contributed by atoms with Crippen molar-refractivity contribution in [3.63, 3.8) is 0 Å². The second-order valence-electron chi connectivity index (χ2n) is 0.880. The molecule has 0 aromatic carbocycles. The van der Waals surface area contributed by atoms with Crippen molar-refractivity contribution in [2.75, 3.05) is 7.11 Å². The number of nitrogens with zero attached hydrogens (tertiary/aromatic N) is 1. The molecule has 0 N–H and O–H groups in total. The van der Waals surface area contributed by atoms with Crippen LogP contribution in [0.3, 0.4) is 0 Å². The molecule has 0 amide bonds. The van der Waals surface area contributed by atoms with Gasteiger partial charge < -0.3 is 4.74 Å². The SMILES string of the molecule is [C-]#[N+]/C(Cl)=C(\F)OC. The lowest BCUT2D eigenvalue weighted by atomic mass is 10.9. The molecular weight excluding hydrogens is 133 g/mol. The fourth-order valence-electron chi connectivity index (χ4n) is 0.128. The molecule has 2 nitrogen and oxygen atoms in total. The van der Waals surface area contributed by atoms with Crippen LogP contribution in [0.4, 0.5) is 4.39 Å². The molecule has 8 heavy (non-hydrogen) atoms. The summed E-state index contributed by atoms with van der Waals surface area (Å²) in [5, 5.41) is -0.576. The molecule has 0 aromatic heterocycles. The maximum absolute atomic E-state index is 11.8. The quantitative estimate of drug-likeness (QED) is 0.304. The highest BCUT2D eigenvalue weighted by Gasteiger charge is 1.99. The van der Waals surface area contributed by atoms with Gasteiger partial charge in [-0.3, -0.25) is 0 Å². The van der Waals surface area contributed by atoms with Crippen LogP contribution in [0.15, 0.2) is 11.2 Å². The molecule has 0 aliphatic carbocycles. The lowest BCUT2D eigenvalue weighted by Gasteiger charge is -1.89. The van der Waals surface area contributed by atoms with E-state index in [1.165, 1.54) is 0 Å². The number of methoxy groups -OCH3 is 1. The van der Waals surface area contributed by atoms with Crippen LogP contribution in [-0.4, -0.2) is 7.11 Å². The van der Waals surface area contributed by atoms with E-state index in [-0.39, 0.29) is 0 Å². The van der Waals surface area contributed by atoms with Crippen LogP contribution in [0.1, 0.15) is 0 Å². The van der Waals surface area contributed by atoms with Crippen molar-refractivity contribution < 1.29 is 9.13 Å². The number of halogens is 2. The molecule has 0 saturated heterocycles. The van der Waals surface area contributed by atoms with Gasteiger partial charge in [-0.25, -0.2) is 4.85 Å².